The third-order valence-corrected chi connectivity index (χ3v) is 4.33. The van der Waals surface area contributed by atoms with Gasteiger partial charge in [0.05, 0.1) is 10.6 Å². The highest BCUT2D eigenvalue weighted by Crippen LogP contribution is 2.27. The minimum Gasteiger partial charge on any atom is -0.489 e. The van der Waals surface area contributed by atoms with Crippen molar-refractivity contribution in [2.24, 2.45) is 0 Å². The number of alkyl halides is 3. The second kappa shape index (κ2) is 8.22. The number of nitro groups is 1. The summed E-state index contributed by atoms with van der Waals surface area (Å²) in [5.41, 5.74) is -4.98. The number of H-pyrrole nitrogens is 1. The average molecular weight is 460 g/mol. The molecule has 162 valence electrons. The summed E-state index contributed by atoms with van der Waals surface area (Å²) < 4.78 is 58.0. The van der Waals surface area contributed by atoms with Gasteiger partial charge in [-0.15, -0.1) is 0 Å². The molecule has 0 amide bonds. The Hall–Kier alpha value is -3.67. The Morgan fingerprint density at radius 3 is 2.42 bits per heavy atom. The van der Waals surface area contributed by atoms with E-state index in [-0.39, 0.29) is 33.7 Å². The van der Waals surface area contributed by atoms with Gasteiger partial charge in [0.1, 0.15) is 23.1 Å². The van der Waals surface area contributed by atoms with Crippen molar-refractivity contribution in [3.63, 3.8) is 0 Å². The van der Waals surface area contributed by atoms with Gasteiger partial charge >= 0.3 is 11.9 Å². The van der Waals surface area contributed by atoms with Gasteiger partial charge in [-0.1, -0.05) is 17.7 Å². The van der Waals surface area contributed by atoms with Gasteiger partial charge in [0.15, 0.2) is 5.82 Å². The normalized spacial score (nSPS) is 11.4. The molecule has 1 N–H and O–H groups in total. The number of ether oxygens (including phenoxy) is 1. The Kier molecular flexibility index (Phi) is 5.84. The van der Waals surface area contributed by atoms with Crippen molar-refractivity contribution in [3.8, 4) is 11.4 Å². The van der Waals surface area contributed by atoms with Crippen molar-refractivity contribution >= 4 is 17.3 Å². The quantitative estimate of drug-likeness (QED) is 0.354. The van der Waals surface area contributed by atoms with E-state index in [1.54, 1.807) is 0 Å². The maximum atomic E-state index is 14.5. The van der Waals surface area contributed by atoms with E-state index in [1.807, 2.05) is 0 Å². The number of hydrogen-bond donors (Lipinski definition) is 1. The molecule has 0 radical (unpaired) electrons. The third-order valence-electron chi connectivity index (χ3n) is 4.01. The van der Waals surface area contributed by atoms with Crippen molar-refractivity contribution in [1.82, 2.24) is 9.55 Å². The van der Waals surface area contributed by atoms with Crippen LogP contribution in [0.3, 0.4) is 0 Å². The van der Waals surface area contributed by atoms with Gasteiger partial charge < -0.3 is 9.72 Å². The highest BCUT2D eigenvalue weighted by Gasteiger charge is 2.33. The zero-order valence-electron chi connectivity index (χ0n) is 15.1. The number of benzene rings is 2. The van der Waals surface area contributed by atoms with Crippen LogP contribution < -0.4 is 16.0 Å². The predicted octanol–water partition coefficient (Wildman–Crippen LogP) is 3.82. The summed E-state index contributed by atoms with van der Waals surface area (Å²) in [6.07, 6.45) is -4.95. The van der Waals surface area contributed by atoms with Crippen LogP contribution in [0.15, 0.2) is 52.1 Å². The van der Waals surface area contributed by atoms with Crippen LogP contribution in [0.2, 0.25) is 5.02 Å². The van der Waals surface area contributed by atoms with Crippen molar-refractivity contribution in [1.29, 1.82) is 0 Å². The molecule has 0 saturated carbocycles. The Morgan fingerprint density at radius 1 is 1.13 bits per heavy atom. The van der Waals surface area contributed by atoms with Gasteiger partial charge in [0.2, 0.25) is 0 Å². The number of rotatable bonds is 5. The van der Waals surface area contributed by atoms with Crippen molar-refractivity contribution in [3.05, 3.63) is 95.5 Å². The predicted molar refractivity (Wildman–Crippen MR) is 100 cm³/mol. The first-order valence-corrected chi connectivity index (χ1v) is 8.64. The standard InChI is InChI=1S/C18H10ClF4N3O5/c19-11-3-1-9(5-14(11)26(29)30)8-31-10-2-4-13(12(20)6-10)25-16(27)7-15(18(21,22)23)24-17(25)28/h1-7H,8H2,(H,24,28). The zero-order chi connectivity index (χ0) is 22.9. The number of nitrogens with one attached hydrogen (secondary N) is 1. The molecule has 0 aliphatic heterocycles. The van der Waals surface area contributed by atoms with Gasteiger partial charge in [-0.2, -0.15) is 13.2 Å². The molecule has 13 heteroatoms. The maximum absolute atomic E-state index is 14.5. The summed E-state index contributed by atoms with van der Waals surface area (Å²) in [6.45, 7) is -0.197. The van der Waals surface area contributed by atoms with Gasteiger partial charge in [0.25, 0.3) is 11.2 Å². The van der Waals surface area contributed by atoms with Crippen molar-refractivity contribution < 1.29 is 27.2 Å². The van der Waals surface area contributed by atoms with Gasteiger partial charge in [-0.3, -0.25) is 14.9 Å². The lowest BCUT2D eigenvalue weighted by atomic mass is 10.2. The molecular formula is C18H10ClF4N3O5. The number of hydrogen-bond acceptors (Lipinski definition) is 5. The van der Waals surface area contributed by atoms with Gasteiger partial charge in [-0.05, 0) is 23.8 Å². The van der Waals surface area contributed by atoms with E-state index in [4.69, 9.17) is 16.3 Å². The second-order valence-corrected chi connectivity index (χ2v) is 6.51. The highest BCUT2D eigenvalue weighted by molar-refractivity contribution is 6.32. The lowest BCUT2D eigenvalue weighted by Crippen LogP contribution is -2.36. The maximum Gasteiger partial charge on any atom is 0.431 e. The molecule has 2 aromatic carbocycles. The largest absolute Gasteiger partial charge is 0.489 e. The first-order chi connectivity index (χ1) is 14.5. The fourth-order valence-corrected chi connectivity index (χ4v) is 2.78. The Labute approximate surface area is 174 Å². The molecule has 3 aromatic rings. The fraction of sp³-hybridized carbons (Fsp3) is 0.111. The summed E-state index contributed by atoms with van der Waals surface area (Å²) in [4.78, 5) is 35.6. The van der Waals surface area contributed by atoms with Crippen LogP contribution in [0, 0.1) is 15.9 Å². The molecule has 3 rings (SSSR count). The number of aromatic amines is 1. The summed E-state index contributed by atoms with van der Waals surface area (Å²) in [7, 11) is 0. The lowest BCUT2D eigenvalue weighted by Gasteiger charge is -2.11. The first kappa shape index (κ1) is 22.0. The minimum absolute atomic E-state index is 0.0600. The molecule has 0 bridgehead atoms. The van der Waals surface area contributed by atoms with Crippen LogP contribution in [-0.4, -0.2) is 14.5 Å². The zero-order valence-corrected chi connectivity index (χ0v) is 15.8. The molecule has 1 aromatic heterocycles. The molecule has 0 atom stereocenters. The van der Waals surface area contributed by atoms with Crippen LogP contribution >= 0.6 is 11.6 Å². The van der Waals surface area contributed by atoms with Gasteiger partial charge in [-0.25, -0.2) is 13.8 Å². The summed E-state index contributed by atoms with van der Waals surface area (Å²) in [5, 5.41) is 10.8. The number of halogens is 5. The molecular weight excluding hydrogens is 450 g/mol. The number of nitro benzene ring substituents is 1. The molecule has 0 saturated heterocycles. The van der Waals surface area contributed by atoms with E-state index in [1.165, 1.54) is 29.2 Å². The molecule has 0 aliphatic rings. The van der Waals surface area contributed by atoms with Gasteiger partial charge in [0, 0.05) is 18.2 Å². The minimum atomic E-state index is -4.95. The van der Waals surface area contributed by atoms with E-state index < -0.39 is 39.5 Å². The number of aromatic nitrogens is 2. The Morgan fingerprint density at radius 2 is 1.84 bits per heavy atom. The van der Waals surface area contributed by atoms with E-state index in [9.17, 15) is 37.3 Å². The molecule has 1 heterocycles. The lowest BCUT2D eigenvalue weighted by molar-refractivity contribution is -0.384. The molecule has 31 heavy (non-hydrogen) atoms. The summed E-state index contributed by atoms with van der Waals surface area (Å²) in [6, 6.07) is 7.02. The number of nitrogens with zero attached hydrogens (tertiary/aromatic N) is 2. The van der Waals surface area contributed by atoms with Crippen LogP contribution in [0.25, 0.3) is 5.69 Å². The monoisotopic (exact) mass is 459 g/mol. The van der Waals surface area contributed by atoms with Crippen molar-refractivity contribution in [2.45, 2.75) is 12.8 Å². The molecule has 0 aliphatic carbocycles. The Bertz CT molecular complexity index is 1260. The molecule has 0 spiro atoms. The van der Waals surface area contributed by atoms with Crippen LogP contribution in [0.4, 0.5) is 23.2 Å². The van der Waals surface area contributed by atoms with Crippen LogP contribution in [0.1, 0.15) is 11.3 Å². The SMILES string of the molecule is O=c1cc(C(F)(F)F)[nH]c(=O)n1-c1ccc(OCc2ccc(Cl)c([N+](=O)[O-])c2)cc1F. The average Bonchev–Trinajstić information content (AvgIpc) is 2.67. The van der Waals surface area contributed by atoms with Crippen LogP contribution in [-0.2, 0) is 12.8 Å². The van der Waals surface area contributed by atoms with Crippen LogP contribution in [0.5, 0.6) is 5.75 Å². The van der Waals surface area contributed by atoms with E-state index in [0.29, 0.717) is 5.56 Å². The highest BCUT2D eigenvalue weighted by atomic mass is 35.5. The van der Waals surface area contributed by atoms with E-state index >= 15 is 0 Å². The summed E-state index contributed by atoms with van der Waals surface area (Å²) in [5.74, 6) is -1.18. The summed E-state index contributed by atoms with van der Waals surface area (Å²) >= 11 is 5.71. The molecule has 0 unspecified atom stereocenters. The first-order valence-electron chi connectivity index (χ1n) is 8.26. The molecule has 0 fully saturated rings. The third kappa shape index (κ3) is 4.74. The topological polar surface area (TPSA) is 107 Å². The molecule has 8 nitrogen and oxygen atoms in total. The smallest absolute Gasteiger partial charge is 0.431 e. The van der Waals surface area contributed by atoms with Crippen molar-refractivity contribution in [2.75, 3.05) is 0 Å². The second-order valence-electron chi connectivity index (χ2n) is 6.10. The fourth-order valence-electron chi connectivity index (χ4n) is 2.59. The van der Waals surface area contributed by atoms with E-state index in [0.717, 1.165) is 12.1 Å². The Balaban J connectivity index is 1.86. The van der Waals surface area contributed by atoms with E-state index in [2.05, 4.69) is 0 Å².